The first-order chi connectivity index (χ1) is 11.1. The van der Waals surface area contributed by atoms with E-state index in [-0.39, 0.29) is 0 Å². The van der Waals surface area contributed by atoms with Crippen LogP contribution in [0.4, 0.5) is 0 Å². The number of fused-ring (bicyclic) bond motifs is 1. The Kier molecular flexibility index (Phi) is 5.19. The zero-order chi connectivity index (χ0) is 16.2. The molecular weight excluding hydrogens is 286 g/mol. The summed E-state index contributed by atoms with van der Waals surface area (Å²) in [5.74, 6) is 2.28. The molecule has 3 rings (SSSR count). The largest absolute Gasteiger partial charge is 0.490 e. The second-order valence-corrected chi connectivity index (χ2v) is 7.11. The van der Waals surface area contributed by atoms with Gasteiger partial charge in [0.15, 0.2) is 0 Å². The minimum atomic E-state index is -0.452. The van der Waals surface area contributed by atoms with E-state index < -0.39 is 6.10 Å². The molecule has 0 aromatic heterocycles. The second kappa shape index (κ2) is 7.33. The molecule has 0 saturated carbocycles. The van der Waals surface area contributed by atoms with Crippen molar-refractivity contribution in [2.45, 2.75) is 26.4 Å². The van der Waals surface area contributed by atoms with Gasteiger partial charge in [-0.15, -0.1) is 0 Å². The van der Waals surface area contributed by atoms with Crippen molar-refractivity contribution in [1.82, 2.24) is 4.90 Å². The fourth-order valence-electron chi connectivity index (χ4n) is 3.80. The first-order valence-electron chi connectivity index (χ1n) is 8.63. The summed E-state index contributed by atoms with van der Waals surface area (Å²) in [4.78, 5) is 2.37. The highest BCUT2D eigenvalue weighted by molar-refractivity contribution is 5.88. The normalized spacial score (nSPS) is 23.8. The van der Waals surface area contributed by atoms with Crippen molar-refractivity contribution in [2.24, 2.45) is 11.8 Å². The SMILES string of the molecule is C[C@H]1C[C@H](C)CN(C[C@H](O)COc2cccc3ccccc23)C1. The van der Waals surface area contributed by atoms with Crippen LogP contribution in [0, 0.1) is 11.8 Å². The molecule has 0 unspecified atom stereocenters. The molecule has 124 valence electrons. The Morgan fingerprint density at radius 2 is 1.78 bits per heavy atom. The van der Waals surface area contributed by atoms with Crippen LogP contribution >= 0.6 is 0 Å². The third-order valence-corrected chi connectivity index (χ3v) is 4.59. The monoisotopic (exact) mass is 313 g/mol. The zero-order valence-electron chi connectivity index (χ0n) is 14.1. The Morgan fingerprint density at radius 3 is 2.57 bits per heavy atom. The minimum Gasteiger partial charge on any atom is -0.490 e. The van der Waals surface area contributed by atoms with E-state index in [1.54, 1.807) is 0 Å². The fraction of sp³-hybridized carbons (Fsp3) is 0.500. The van der Waals surface area contributed by atoms with Gasteiger partial charge in [0.05, 0.1) is 0 Å². The van der Waals surface area contributed by atoms with E-state index in [1.165, 1.54) is 6.42 Å². The van der Waals surface area contributed by atoms with Crippen molar-refractivity contribution >= 4 is 10.8 Å². The third kappa shape index (κ3) is 4.24. The Morgan fingerprint density at radius 1 is 1.09 bits per heavy atom. The molecule has 0 bridgehead atoms. The third-order valence-electron chi connectivity index (χ3n) is 4.59. The second-order valence-electron chi connectivity index (χ2n) is 7.11. The quantitative estimate of drug-likeness (QED) is 0.916. The Hall–Kier alpha value is -1.58. The number of rotatable bonds is 5. The molecule has 23 heavy (non-hydrogen) atoms. The number of nitrogens with zero attached hydrogens (tertiary/aromatic N) is 1. The molecule has 0 aliphatic carbocycles. The topological polar surface area (TPSA) is 32.7 Å². The molecule has 3 heteroatoms. The first kappa shape index (κ1) is 16.3. The summed E-state index contributed by atoms with van der Waals surface area (Å²) in [6.07, 6.45) is 0.838. The summed E-state index contributed by atoms with van der Waals surface area (Å²) < 4.78 is 5.90. The van der Waals surface area contributed by atoms with Crippen molar-refractivity contribution < 1.29 is 9.84 Å². The highest BCUT2D eigenvalue weighted by Crippen LogP contribution is 2.25. The summed E-state index contributed by atoms with van der Waals surface area (Å²) >= 11 is 0. The van der Waals surface area contributed by atoms with Gasteiger partial charge in [0, 0.05) is 25.0 Å². The molecule has 0 amide bonds. The van der Waals surface area contributed by atoms with Crippen LogP contribution in [0.2, 0.25) is 0 Å². The van der Waals surface area contributed by atoms with Crippen LogP contribution in [0.15, 0.2) is 42.5 Å². The van der Waals surface area contributed by atoms with E-state index in [4.69, 9.17) is 4.74 Å². The number of hydrogen-bond donors (Lipinski definition) is 1. The molecule has 2 aromatic rings. The van der Waals surface area contributed by atoms with Gasteiger partial charge in [-0.25, -0.2) is 0 Å². The molecule has 0 radical (unpaired) electrons. The summed E-state index contributed by atoms with van der Waals surface area (Å²) in [6, 6.07) is 14.2. The van der Waals surface area contributed by atoms with Crippen LogP contribution in [0.1, 0.15) is 20.3 Å². The number of aliphatic hydroxyl groups is 1. The van der Waals surface area contributed by atoms with Crippen molar-refractivity contribution in [3.63, 3.8) is 0 Å². The Bertz CT molecular complexity index is 627. The Balaban J connectivity index is 1.57. The summed E-state index contributed by atoms with van der Waals surface area (Å²) in [5.41, 5.74) is 0. The number of hydrogen-bond acceptors (Lipinski definition) is 3. The number of β-amino-alcohol motifs (C(OH)–C–C–N with tert-alkyl or cyclic N) is 1. The number of benzene rings is 2. The van der Waals surface area contributed by atoms with Crippen LogP contribution in [0.3, 0.4) is 0 Å². The lowest BCUT2D eigenvalue weighted by Crippen LogP contribution is -2.44. The van der Waals surface area contributed by atoms with Gasteiger partial charge in [0.2, 0.25) is 0 Å². The van der Waals surface area contributed by atoms with E-state index in [9.17, 15) is 5.11 Å². The molecule has 1 saturated heterocycles. The van der Waals surface area contributed by atoms with Gasteiger partial charge >= 0.3 is 0 Å². The number of aliphatic hydroxyl groups excluding tert-OH is 1. The molecule has 1 fully saturated rings. The average molecular weight is 313 g/mol. The van der Waals surface area contributed by atoms with Crippen molar-refractivity contribution in [3.8, 4) is 5.75 Å². The maximum atomic E-state index is 10.3. The summed E-state index contributed by atoms with van der Waals surface area (Å²) in [6.45, 7) is 7.78. The van der Waals surface area contributed by atoms with E-state index in [0.29, 0.717) is 25.0 Å². The molecular formula is C20H27NO2. The molecule has 3 atom stereocenters. The van der Waals surface area contributed by atoms with Gasteiger partial charge in [0.25, 0.3) is 0 Å². The molecule has 1 N–H and O–H groups in total. The van der Waals surface area contributed by atoms with E-state index >= 15 is 0 Å². The first-order valence-corrected chi connectivity index (χ1v) is 8.63. The fourth-order valence-corrected chi connectivity index (χ4v) is 3.80. The van der Waals surface area contributed by atoms with Gasteiger partial charge in [-0.3, -0.25) is 0 Å². The van der Waals surface area contributed by atoms with Crippen LogP contribution in [0.25, 0.3) is 10.8 Å². The highest BCUT2D eigenvalue weighted by Gasteiger charge is 2.23. The average Bonchev–Trinajstić information content (AvgIpc) is 2.52. The van der Waals surface area contributed by atoms with Crippen LogP contribution < -0.4 is 4.74 Å². The van der Waals surface area contributed by atoms with Crippen LogP contribution in [0.5, 0.6) is 5.75 Å². The minimum absolute atomic E-state index is 0.341. The molecule has 3 nitrogen and oxygen atoms in total. The highest BCUT2D eigenvalue weighted by atomic mass is 16.5. The van der Waals surface area contributed by atoms with Crippen LogP contribution in [-0.2, 0) is 0 Å². The lowest BCUT2D eigenvalue weighted by molar-refractivity contribution is 0.0432. The summed E-state index contributed by atoms with van der Waals surface area (Å²) in [7, 11) is 0. The molecule has 1 aliphatic heterocycles. The van der Waals surface area contributed by atoms with Crippen LogP contribution in [-0.4, -0.2) is 42.4 Å². The van der Waals surface area contributed by atoms with Crippen molar-refractivity contribution in [3.05, 3.63) is 42.5 Å². The van der Waals surface area contributed by atoms with Gasteiger partial charge in [0.1, 0.15) is 18.5 Å². The zero-order valence-corrected chi connectivity index (χ0v) is 14.1. The molecule has 2 aromatic carbocycles. The van der Waals surface area contributed by atoms with E-state index in [1.807, 2.05) is 24.3 Å². The van der Waals surface area contributed by atoms with Crippen molar-refractivity contribution in [1.29, 1.82) is 0 Å². The van der Waals surface area contributed by atoms with Gasteiger partial charge in [-0.1, -0.05) is 50.2 Å². The van der Waals surface area contributed by atoms with Crippen molar-refractivity contribution in [2.75, 3.05) is 26.2 Å². The number of piperidine rings is 1. The molecule has 0 spiro atoms. The summed E-state index contributed by atoms with van der Waals surface area (Å²) in [5, 5.41) is 12.6. The van der Waals surface area contributed by atoms with Gasteiger partial charge in [-0.05, 0) is 29.7 Å². The standard InChI is InChI=1S/C20H27NO2/c1-15-10-16(2)12-21(11-15)13-18(22)14-23-20-9-5-7-17-6-3-4-8-19(17)20/h3-9,15-16,18,22H,10-14H2,1-2H3/t15-,16-,18-/m0/s1. The maximum absolute atomic E-state index is 10.3. The lowest BCUT2D eigenvalue weighted by atomic mass is 9.92. The number of ether oxygens (including phenoxy) is 1. The number of likely N-dealkylation sites (tertiary alicyclic amines) is 1. The molecule has 1 aliphatic rings. The lowest BCUT2D eigenvalue weighted by Gasteiger charge is -2.35. The maximum Gasteiger partial charge on any atom is 0.127 e. The van der Waals surface area contributed by atoms with Gasteiger partial charge in [-0.2, -0.15) is 0 Å². The molecule has 1 heterocycles. The van der Waals surface area contributed by atoms with E-state index in [2.05, 4.69) is 36.9 Å². The predicted molar refractivity (Wildman–Crippen MR) is 94.8 cm³/mol. The van der Waals surface area contributed by atoms with E-state index in [0.717, 1.165) is 29.6 Å². The predicted octanol–water partition coefficient (Wildman–Crippen LogP) is 3.56. The Labute approximate surface area is 138 Å². The van der Waals surface area contributed by atoms with Gasteiger partial charge < -0.3 is 14.7 Å². The smallest absolute Gasteiger partial charge is 0.127 e.